The molecule has 4 aromatic rings. The molecule has 0 amide bonds. The highest BCUT2D eigenvalue weighted by atomic mass is 35.5. The number of fused-ring (bicyclic) bond motifs is 5. The molecular formula is C15H8ClNO. The predicted molar refractivity (Wildman–Crippen MR) is 74.0 cm³/mol. The van der Waals surface area contributed by atoms with Gasteiger partial charge in [-0.15, -0.1) is 0 Å². The Kier molecular flexibility index (Phi) is 1.91. The van der Waals surface area contributed by atoms with Gasteiger partial charge in [-0.25, -0.2) is 4.98 Å². The van der Waals surface area contributed by atoms with Crippen LogP contribution in [0.2, 0.25) is 5.02 Å². The molecule has 0 atom stereocenters. The summed E-state index contributed by atoms with van der Waals surface area (Å²) in [5.74, 6) is 0. The number of furan rings is 1. The monoisotopic (exact) mass is 253 g/mol. The third kappa shape index (κ3) is 1.21. The predicted octanol–water partition coefficient (Wildman–Crippen LogP) is 4.79. The van der Waals surface area contributed by atoms with Crippen molar-refractivity contribution in [2.75, 3.05) is 0 Å². The summed E-state index contributed by atoms with van der Waals surface area (Å²) in [6.07, 6.45) is 1.66. The van der Waals surface area contributed by atoms with Crippen LogP contribution in [0, 0.1) is 0 Å². The van der Waals surface area contributed by atoms with E-state index in [0.717, 1.165) is 27.1 Å². The molecule has 0 saturated heterocycles. The SMILES string of the molecule is Clc1ccnc2oc3c4ccccc4ccc3c12. The third-order valence-corrected chi connectivity index (χ3v) is 3.53. The minimum Gasteiger partial charge on any atom is -0.437 e. The van der Waals surface area contributed by atoms with Crippen LogP contribution >= 0.6 is 11.6 Å². The molecular weight excluding hydrogens is 246 g/mol. The van der Waals surface area contributed by atoms with Gasteiger partial charge in [0.05, 0.1) is 10.4 Å². The molecule has 3 heteroatoms. The van der Waals surface area contributed by atoms with Gasteiger partial charge in [0.15, 0.2) is 0 Å². The van der Waals surface area contributed by atoms with Crippen LogP contribution in [0.1, 0.15) is 0 Å². The molecule has 86 valence electrons. The minimum atomic E-state index is 0.592. The lowest BCUT2D eigenvalue weighted by atomic mass is 10.1. The van der Waals surface area contributed by atoms with Crippen LogP contribution in [0.25, 0.3) is 32.8 Å². The Hall–Kier alpha value is -2.06. The Bertz CT molecular complexity index is 895. The lowest BCUT2D eigenvalue weighted by molar-refractivity contribution is 0.657. The molecule has 0 aliphatic heterocycles. The van der Waals surface area contributed by atoms with Crippen molar-refractivity contribution in [1.29, 1.82) is 0 Å². The van der Waals surface area contributed by atoms with Gasteiger partial charge < -0.3 is 4.42 Å². The maximum absolute atomic E-state index is 6.23. The molecule has 0 bridgehead atoms. The molecule has 0 aliphatic rings. The zero-order valence-electron chi connectivity index (χ0n) is 9.35. The van der Waals surface area contributed by atoms with Crippen LogP contribution in [0.5, 0.6) is 0 Å². The van der Waals surface area contributed by atoms with Gasteiger partial charge in [0.1, 0.15) is 5.58 Å². The number of pyridine rings is 1. The molecule has 2 aromatic heterocycles. The number of hydrogen-bond acceptors (Lipinski definition) is 2. The fourth-order valence-corrected chi connectivity index (χ4v) is 2.63. The number of hydrogen-bond donors (Lipinski definition) is 0. The van der Waals surface area contributed by atoms with Crippen LogP contribution in [-0.2, 0) is 0 Å². The van der Waals surface area contributed by atoms with Crippen molar-refractivity contribution in [3.8, 4) is 0 Å². The first-order valence-corrected chi connectivity index (χ1v) is 6.07. The quantitative estimate of drug-likeness (QED) is 0.450. The van der Waals surface area contributed by atoms with Crippen molar-refractivity contribution >= 4 is 44.4 Å². The second-order valence-electron chi connectivity index (χ2n) is 4.24. The first-order valence-electron chi connectivity index (χ1n) is 5.69. The highest BCUT2D eigenvalue weighted by molar-refractivity contribution is 6.37. The largest absolute Gasteiger partial charge is 0.437 e. The van der Waals surface area contributed by atoms with Crippen molar-refractivity contribution in [1.82, 2.24) is 4.98 Å². The zero-order chi connectivity index (χ0) is 12.1. The molecule has 4 rings (SSSR count). The van der Waals surface area contributed by atoms with Crippen LogP contribution in [-0.4, -0.2) is 4.98 Å². The maximum Gasteiger partial charge on any atom is 0.228 e. The van der Waals surface area contributed by atoms with Gasteiger partial charge in [-0.3, -0.25) is 0 Å². The lowest BCUT2D eigenvalue weighted by Gasteiger charge is -1.97. The highest BCUT2D eigenvalue weighted by Crippen LogP contribution is 2.36. The summed E-state index contributed by atoms with van der Waals surface area (Å²) in [5.41, 5.74) is 1.44. The summed E-state index contributed by atoms with van der Waals surface area (Å²) in [7, 11) is 0. The van der Waals surface area contributed by atoms with E-state index in [4.69, 9.17) is 16.0 Å². The van der Waals surface area contributed by atoms with Gasteiger partial charge in [-0.2, -0.15) is 0 Å². The highest BCUT2D eigenvalue weighted by Gasteiger charge is 2.12. The Balaban J connectivity index is 2.34. The van der Waals surface area contributed by atoms with Crippen LogP contribution in [0.3, 0.4) is 0 Å². The van der Waals surface area contributed by atoms with Gasteiger partial charge in [-0.1, -0.05) is 41.9 Å². The molecule has 2 nitrogen and oxygen atoms in total. The molecule has 0 N–H and O–H groups in total. The van der Waals surface area contributed by atoms with Gasteiger partial charge in [0, 0.05) is 17.0 Å². The Labute approximate surface area is 108 Å². The summed E-state index contributed by atoms with van der Waals surface area (Å²) in [6.45, 7) is 0. The summed E-state index contributed by atoms with van der Waals surface area (Å²) < 4.78 is 5.85. The topological polar surface area (TPSA) is 26.0 Å². The van der Waals surface area contributed by atoms with E-state index in [2.05, 4.69) is 17.1 Å². The van der Waals surface area contributed by atoms with E-state index in [1.54, 1.807) is 12.3 Å². The first kappa shape index (κ1) is 9.92. The minimum absolute atomic E-state index is 0.592. The van der Waals surface area contributed by atoms with E-state index in [0.29, 0.717) is 10.7 Å². The summed E-state index contributed by atoms with van der Waals surface area (Å²) in [6, 6.07) is 14.0. The van der Waals surface area contributed by atoms with Gasteiger partial charge in [0.2, 0.25) is 5.71 Å². The summed E-state index contributed by atoms with van der Waals surface area (Å²) >= 11 is 6.23. The first-order chi connectivity index (χ1) is 8.84. The molecule has 18 heavy (non-hydrogen) atoms. The van der Waals surface area contributed by atoms with Gasteiger partial charge >= 0.3 is 0 Å². The Morgan fingerprint density at radius 3 is 2.78 bits per heavy atom. The number of halogens is 1. The molecule has 0 fully saturated rings. The standard InChI is InChI=1S/C15H8ClNO/c16-12-7-8-17-15-13(12)11-6-5-9-3-1-2-4-10(9)14(11)18-15/h1-8H. The van der Waals surface area contributed by atoms with E-state index < -0.39 is 0 Å². The van der Waals surface area contributed by atoms with E-state index in [1.165, 1.54) is 0 Å². The fourth-order valence-electron chi connectivity index (χ4n) is 2.39. The van der Waals surface area contributed by atoms with Crippen LogP contribution < -0.4 is 0 Å². The van der Waals surface area contributed by atoms with E-state index >= 15 is 0 Å². The van der Waals surface area contributed by atoms with Crippen molar-refractivity contribution in [3.05, 3.63) is 53.7 Å². The van der Waals surface area contributed by atoms with Gasteiger partial charge in [0.25, 0.3) is 0 Å². The molecule has 0 radical (unpaired) electrons. The molecule has 2 aromatic carbocycles. The maximum atomic E-state index is 6.23. The number of aromatic nitrogens is 1. The van der Waals surface area contributed by atoms with Crippen LogP contribution in [0.15, 0.2) is 53.1 Å². The lowest BCUT2D eigenvalue weighted by Crippen LogP contribution is -1.74. The van der Waals surface area contributed by atoms with Crippen LogP contribution in [0.4, 0.5) is 0 Å². The number of benzene rings is 2. The van der Waals surface area contributed by atoms with Gasteiger partial charge in [-0.05, 0) is 17.5 Å². The van der Waals surface area contributed by atoms with E-state index in [-0.39, 0.29) is 0 Å². The zero-order valence-corrected chi connectivity index (χ0v) is 10.1. The normalized spacial score (nSPS) is 11.6. The Morgan fingerprint density at radius 2 is 1.83 bits per heavy atom. The number of rotatable bonds is 0. The van der Waals surface area contributed by atoms with Crippen molar-refractivity contribution < 1.29 is 4.42 Å². The smallest absolute Gasteiger partial charge is 0.228 e. The molecule has 0 saturated carbocycles. The molecule has 0 spiro atoms. The van der Waals surface area contributed by atoms with E-state index in [1.807, 2.05) is 24.3 Å². The molecule has 0 aliphatic carbocycles. The molecule has 2 heterocycles. The average Bonchev–Trinajstić information content (AvgIpc) is 2.79. The fraction of sp³-hybridized carbons (Fsp3) is 0. The van der Waals surface area contributed by atoms with E-state index in [9.17, 15) is 0 Å². The summed E-state index contributed by atoms with van der Waals surface area (Å²) in [5, 5.41) is 4.82. The average molecular weight is 254 g/mol. The molecule has 0 unspecified atom stereocenters. The van der Waals surface area contributed by atoms with Crippen molar-refractivity contribution in [2.45, 2.75) is 0 Å². The van der Waals surface area contributed by atoms with Crippen molar-refractivity contribution in [2.24, 2.45) is 0 Å². The second-order valence-corrected chi connectivity index (χ2v) is 4.65. The number of nitrogens with zero attached hydrogens (tertiary/aromatic N) is 1. The summed E-state index contributed by atoms with van der Waals surface area (Å²) in [4.78, 5) is 4.23. The second kappa shape index (κ2) is 3.47. The Morgan fingerprint density at radius 1 is 0.944 bits per heavy atom. The van der Waals surface area contributed by atoms with Crippen molar-refractivity contribution in [3.63, 3.8) is 0 Å². The third-order valence-electron chi connectivity index (χ3n) is 3.21.